The first-order chi connectivity index (χ1) is 11.1. The monoisotopic (exact) mass is 334 g/mol. The standard InChI is InChI=1S/C18H19ClO4/c1-22-18(21)17(19)12-14-4-2-13(3-5-14)10-11-23-16-8-6-15(20)7-9-16/h2-9,17,20H,10-12H2,1H3/t17-/m0/s1. The molecule has 122 valence electrons. The molecule has 2 rings (SSSR count). The summed E-state index contributed by atoms with van der Waals surface area (Å²) in [6, 6.07) is 14.5. The average Bonchev–Trinajstić information content (AvgIpc) is 2.57. The van der Waals surface area contributed by atoms with E-state index in [9.17, 15) is 9.90 Å². The zero-order valence-electron chi connectivity index (χ0n) is 12.9. The van der Waals surface area contributed by atoms with Crippen LogP contribution in [-0.4, -0.2) is 30.2 Å². The lowest BCUT2D eigenvalue weighted by Crippen LogP contribution is -2.18. The number of phenolic OH excluding ortho intramolecular Hbond substituents is 1. The number of alkyl halides is 1. The lowest BCUT2D eigenvalue weighted by Gasteiger charge is -2.09. The number of rotatable bonds is 7. The van der Waals surface area contributed by atoms with Crippen molar-refractivity contribution in [3.05, 3.63) is 59.7 Å². The van der Waals surface area contributed by atoms with Crippen LogP contribution in [0.3, 0.4) is 0 Å². The van der Waals surface area contributed by atoms with Gasteiger partial charge in [-0.25, -0.2) is 0 Å². The number of methoxy groups -OCH3 is 1. The summed E-state index contributed by atoms with van der Waals surface area (Å²) in [5, 5.41) is 8.54. The quantitative estimate of drug-likeness (QED) is 0.623. The summed E-state index contributed by atoms with van der Waals surface area (Å²) < 4.78 is 10.2. The highest BCUT2D eigenvalue weighted by molar-refractivity contribution is 6.30. The first-order valence-corrected chi connectivity index (χ1v) is 7.73. The Morgan fingerprint density at radius 1 is 1.09 bits per heavy atom. The molecule has 5 heteroatoms. The van der Waals surface area contributed by atoms with Crippen LogP contribution in [0.5, 0.6) is 11.5 Å². The molecule has 1 N–H and O–H groups in total. The summed E-state index contributed by atoms with van der Waals surface area (Å²) in [6.45, 7) is 0.546. The first-order valence-electron chi connectivity index (χ1n) is 7.30. The van der Waals surface area contributed by atoms with Gasteiger partial charge in [0.25, 0.3) is 0 Å². The largest absolute Gasteiger partial charge is 0.508 e. The Labute approximate surface area is 140 Å². The van der Waals surface area contributed by atoms with Crippen molar-refractivity contribution in [2.24, 2.45) is 0 Å². The van der Waals surface area contributed by atoms with E-state index in [0.29, 0.717) is 13.0 Å². The second-order valence-electron chi connectivity index (χ2n) is 5.10. The highest BCUT2D eigenvalue weighted by Gasteiger charge is 2.15. The van der Waals surface area contributed by atoms with Crippen LogP contribution in [0.15, 0.2) is 48.5 Å². The van der Waals surface area contributed by atoms with Crippen LogP contribution in [-0.2, 0) is 22.4 Å². The van der Waals surface area contributed by atoms with E-state index in [1.807, 2.05) is 24.3 Å². The van der Waals surface area contributed by atoms with Crippen LogP contribution in [0.4, 0.5) is 0 Å². The number of halogens is 1. The normalized spacial score (nSPS) is 11.7. The topological polar surface area (TPSA) is 55.8 Å². The number of ether oxygens (including phenoxy) is 2. The maximum Gasteiger partial charge on any atom is 0.324 e. The van der Waals surface area contributed by atoms with Crippen LogP contribution in [0.2, 0.25) is 0 Å². The Kier molecular flexibility index (Phi) is 6.29. The maximum absolute atomic E-state index is 11.3. The van der Waals surface area contributed by atoms with E-state index in [0.717, 1.165) is 23.3 Å². The van der Waals surface area contributed by atoms with Crippen LogP contribution in [0.25, 0.3) is 0 Å². The lowest BCUT2D eigenvalue weighted by atomic mass is 10.1. The molecule has 2 aromatic rings. The van der Waals surface area contributed by atoms with Crippen LogP contribution >= 0.6 is 11.6 Å². The lowest BCUT2D eigenvalue weighted by molar-refractivity contribution is -0.140. The average molecular weight is 335 g/mol. The Bertz CT molecular complexity index is 622. The minimum Gasteiger partial charge on any atom is -0.508 e. The van der Waals surface area contributed by atoms with Crippen molar-refractivity contribution >= 4 is 17.6 Å². The van der Waals surface area contributed by atoms with Gasteiger partial charge in [0.1, 0.15) is 16.9 Å². The third-order valence-electron chi connectivity index (χ3n) is 3.39. The molecule has 0 saturated carbocycles. The third kappa shape index (κ3) is 5.49. The van der Waals surface area contributed by atoms with Gasteiger partial charge in [-0.3, -0.25) is 4.79 Å². The Morgan fingerprint density at radius 3 is 2.30 bits per heavy atom. The smallest absolute Gasteiger partial charge is 0.324 e. The predicted molar refractivity (Wildman–Crippen MR) is 89.1 cm³/mol. The van der Waals surface area contributed by atoms with Gasteiger partial charge < -0.3 is 14.6 Å². The number of carbonyl (C=O) groups is 1. The molecule has 0 heterocycles. The molecule has 0 unspecified atom stereocenters. The molecule has 4 nitrogen and oxygen atoms in total. The van der Waals surface area contributed by atoms with E-state index in [2.05, 4.69) is 4.74 Å². The van der Waals surface area contributed by atoms with Crippen molar-refractivity contribution in [2.45, 2.75) is 18.2 Å². The van der Waals surface area contributed by atoms with Crippen LogP contribution in [0.1, 0.15) is 11.1 Å². The molecule has 0 aliphatic carbocycles. The Hall–Kier alpha value is -2.20. The molecule has 1 atom stereocenters. The zero-order valence-corrected chi connectivity index (χ0v) is 13.6. The molecule has 0 fully saturated rings. The van der Waals surface area contributed by atoms with Gasteiger partial charge in [0, 0.05) is 6.42 Å². The Morgan fingerprint density at radius 2 is 1.70 bits per heavy atom. The van der Waals surface area contributed by atoms with Gasteiger partial charge in [-0.15, -0.1) is 11.6 Å². The molecule has 0 aliphatic heterocycles. The van der Waals surface area contributed by atoms with Crippen LogP contribution < -0.4 is 4.74 Å². The molecule has 0 aliphatic rings. The number of benzene rings is 2. The fourth-order valence-corrected chi connectivity index (χ4v) is 2.36. The molecule has 0 amide bonds. The minimum absolute atomic E-state index is 0.220. The molecule has 0 bridgehead atoms. The summed E-state index contributed by atoms with van der Waals surface area (Å²) >= 11 is 5.96. The van der Waals surface area contributed by atoms with Crippen LogP contribution in [0, 0.1) is 0 Å². The van der Waals surface area contributed by atoms with E-state index < -0.39 is 11.3 Å². The highest BCUT2D eigenvalue weighted by atomic mass is 35.5. The highest BCUT2D eigenvalue weighted by Crippen LogP contribution is 2.16. The molecule has 0 spiro atoms. The summed E-state index contributed by atoms with van der Waals surface area (Å²) in [6.07, 6.45) is 1.21. The number of aromatic hydroxyl groups is 1. The second-order valence-corrected chi connectivity index (χ2v) is 5.63. The van der Waals surface area contributed by atoms with Gasteiger partial charge in [-0.2, -0.15) is 0 Å². The van der Waals surface area contributed by atoms with Crippen molar-refractivity contribution in [1.82, 2.24) is 0 Å². The zero-order chi connectivity index (χ0) is 16.7. The fourth-order valence-electron chi connectivity index (χ4n) is 2.09. The molecule has 2 aromatic carbocycles. The summed E-state index contributed by atoms with van der Waals surface area (Å²) in [5.41, 5.74) is 2.12. The van der Waals surface area contributed by atoms with Gasteiger partial charge >= 0.3 is 5.97 Å². The molecule has 23 heavy (non-hydrogen) atoms. The number of carbonyl (C=O) groups excluding carboxylic acids is 1. The number of hydrogen-bond donors (Lipinski definition) is 1. The summed E-state index contributed by atoms with van der Waals surface area (Å²) in [7, 11) is 1.33. The number of phenols is 1. The maximum atomic E-state index is 11.3. The van der Waals surface area contributed by atoms with E-state index in [-0.39, 0.29) is 5.75 Å². The van der Waals surface area contributed by atoms with E-state index >= 15 is 0 Å². The van der Waals surface area contributed by atoms with Crippen molar-refractivity contribution in [2.75, 3.05) is 13.7 Å². The van der Waals surface area contributed by atoms with Crippen molar-refractivity contribution in [3.63, 3.8) is 0 Å². The fraction of sp³-hybridized carbons (Fsp3) is 0.278. The summed E-state index contributed by atoms with van der Waals surface area (Å²) in [4.78, 5) is 11.3. The van der Waals surface area contributed by atoms with Gasteiger partial charge in [-0.1, -0.05) is 24.3 Å². The van der Waals surface area contributed by atoms with Crippen molar-refractivity contribution in [3.8, 4) is 11.5 Å². The molecule has 0 aromatic heterocycles. The van der Waals surface area contributed by atoms with E-state index in [1.54, 1.807) is 24.3 Å². The van der Waals surface area contributed by atoms with Crippen molar-refractivity contribution < 1.29 is 19.4 Å². The van der Waals surface area contributed by atoms with E-state index in [1.165, 1.54) is 7.11 Å². The van der Waals surface area contributed by atoms with Gasteiger partial charge in [-0.05, 0) is 41.8 Å². The van der Waals surface area contributed by atoms with Gasteiger partial charge in [0.2, 0.25) is 0 Å². The Balaban J connectivity index is 1.80. The summed E-state index contributed by atoms with van der Waals surface area (Å²) in [5.74, 6) is 0.526. The number of hydrogen-bond acceptors (Lipinski definition) is 4. The van der Waals surface area contributed by atoms with E-state index in [4.69, 9.17) is 16.3 Å². The molecular formula is C18H19ClO4. The third-order valence-corrected chi connectivity index (χ3v) is 3.72. The molecule has 0 saturated heterocycles. The molecular weight excluding hydrogens is 316 g/mol. The second kappa shape index (κ2) is 8.44. The molecule has 0 radical (unpaired) electrons. The van der Waals surface area contributed by atoms with Gasteiger partial charge in [0.05, 0.1) is 13.7 Å². The van der Waals surface area contributed by atoms with Gasteiger partial charge in [0.15, 0.2) is 0 Å². The first kappa shape index (κ1) is 17.2. The SMILES string of the molecule is COC(=O)[C@@H](Cl)Cc1ccc(CCOc2ccc(O)cc2)cc1. The minimum atomic E-state index is -0.663. The van der Waals surface area contributed by atoms with Crippen molar-refractivity contribution in [1.29, 1.82) is 0 Å². The predicted octanol–water partition coefficient (Wildman–Crippen LogP) is 3.34. The number of esters is 1.